The second kappa shape index (κ2) is 6.22. The van der Waals surface area contributed by atoms with Crippen molar-refractivity contribution in [3.05, 3.63) is 18.2 Å². The number of nitrogens with one attached hydrogen (secondary N) is 2. The number of nitrogens with zero attached hydrogens (tertiary/aromatic N) is 1. The van der Waals surface area contributed by atoms with Crippen molar-refractivity contribution in [2.45, 2.75) is 26.4 Å². The van der Waals surface area contributed by atoms with E-state index in [1.165, 1.54) is 0 Å². The van der Waals surface area contributed by atoms with Crippen LogP contribution in [0.15, 0.2) is 18.2 Å². The van der Waals surface area contributed by atoms with E-state index < -0.39 is 11.7 Å². The number of phenols is 1. The number of ether oxygens (including phenoxy) is 1. The molecule has 6 nitrogen and oxygen atoms in total. The van der Waals surface area contributed by atoms with Crippen molar-refractivity contribution >= 4 is 17.5 Å². The molecule has 0 radical (unpaired) electrons. The van der Waals surface area contributed by atoms with Crippen LogP contribution in [0.25, 0.3) is 0 Å². The minimum atomic E-state index is -0.576. The number of benzene rings is 1. The van der Waals surface area contributed by atoms with Crippen LogP contribution >= 0.6 is 0 Å². The van der Waals surface area contributed by atoms with Crippen LogP contribution in [0.2, 0.25) is 0 Å². The van der Waals surface area contributed by atoms with Crippen LogP contribution in [0.1, 0.15) is 20.8 Å². The van der Waals surface area contributed by atoms with Gasteiger partial charge in [0.15, 0.2) is 0 Å². The zero-order chi connectivity index (χ0) is 15.5. The molecule has 0 aromatic heterocycles. The van der Waals surface area contributed by atoms with Crippen molar-refractivity contribution in [1.82, 2.24) is 5.32 Å². The largest absolute Gasteiger partial charge is 0.506 e. The van der Waals surface area contributed by atoms with Gasteiger partial charge in [0.2, 0.25) is 0 Å². The molecule has 1 heterocycles. The number of piperazine rings is 1. The second-order valence-corrected chi connectivity index (χ2v) is 6.07. The van der Waals surface area contributed by atoms with Crippen molar-refractivity contribution in [2.75, 3.05) is 36.4 Å². The van der Waals surface area contributed by atoms with Crippen LogP contribution in [-0.4, -0.2) is 43.0 Å². The summed E-state index contributed by atoms with van der Waals surface area (Å²) in [6.07, 6.45) is -0.576. The predicted molar refractivity (Wildman–Crippen MR) is 83.0 cm³/mol. The predicted octanol–water partition coefficient (Wildman–Crippen LogP) is 2.15. The highest BCUT2D eigenvalue weighted by Crippen LogP contribution is 2.29. The van der Waals surface area contributed by atoms with E-state index in [0.29, 0.717) is 5.69 Å². The molecule has 0 unspecified atom stereocenters. The number of amides is 1. The average Bonchev–Trinajstić information content (AvgIpc) is 2.40. The monoisotopic (exact) mass is 293 g/mol. The molecule has 1 amide bonds. The van der Waals surface area contributed by atoms with Gasteiger partial charge in [-0.3, -0.25) is 5.32 Å². The first kappa shape index (κ1) is 15.4. The average molecular weight is 293 g/mol. The maximum absolute atomic E-state index is 11.7. The fraction of sp³-hybridized carbons (Fsp3) is 0.533. The maximum atomic E-state index is 11.7. The number of phenolic OH excluding ortho intramolecular Hbond substituents is 1. The topological polar surface area (TPSA) is 73.8 Å². The van der Waals surface area contributed by atoms with Crippen LogP contribution < -0.4 is 15.5 Å². The van der Waals surface area contributed by atoms with Gasteiger partial charge in [-0.05, 0) is 32.9 Å². The van der Waals surface area contributed by atoms with Crippen LogP contribution in [0.5, 0.6) is 5.75 Å². The summed E-state index contributed by atoms with van der Waals surface area (Å²) in [5, 5.41) is 15.9. The Balaban J connectivity index is 2.03. The Morgan fingerprint density at radius 2 is 2.00 bits per heavy atom. The maximum Gasteiger partial charge on any atom is 0.412 e. The molecule has 2 rings (SSSR count). The van der Waals surface area contributed by atoms with Gasteiger partial charge in [0, 0.05) is 37.9 Å². The molecule has 1 aromatic rings. The number of aromatic hydroxyl groups is 1. The number of hydrogen-bond donors (Lipinski definition) is 3. The van der Waals surface area contributed by atoms with Gasteiger partial charge in [-0.1, -0.05) is 0 Å². The highest BCUT2D eigenvalue weighted by Gasteiger charge is 2.18. The van der Waals surface area contributed by atoms with Gasteiger partial charge in [-0.25, -0.2) is 4.79 Å². The van der Waals surface area contributed by atoms with Crippen molar-refractivity contribution in [2.24, 2.45) is 0 Å². The lowest BCUT2D eigenvalue weighted by molar-refractivity contribution is 0.0635. The summed E-state index contributed by atoms with van der Waals surface area (Å²) >= 11 is 0. The Morgan fingerprint density at radius 1 is 1.33 bits per heavy atom. The van der Waals surface area contributed by atoms with Gasteiger partial charge in [-0.15, -0.1) is 0 Å². The van der Waals surface area contributed by atoms with E-state index >= 15 is 0 Å². The van der Waals surface area contributed by atoms with Gasteiger partial charge in [0.25, 0.3) is 0 Å². The van der Waals surface area contributed by atoms with Gasteiger partial charge >= 0.3 is 6.09 Å². The third-order valence-electron chi connectivity index (χ3n) is 3.10. The van der Waals surface area contributed by atoms with Gasteiger partial charge in [0.05, 0.1) is 5.69 Å². The molecule has 21 heavy (non-hydrogen) atoms. The molecular weight excluding hydrogens is 270 g/mol. The van der Waals surface area contributed by atoms with Crippen molar-refractivity contribution in [3.63, 3.8) is 0 Å². The molecule has 1 aliphatic heterocycles. The van der Waals surface area contributed by atoms with Gasteiger partial charge < -0.3 is 20.1 Å². The molecule has 0 atom stereocenters. The van der Waals surface area contributed by atoms with Crippen LogP contribution in [-0.2, 0) is 4.74 Å². The number of hydrogen-bond acceptors (Lipinski definition) is 5. The molecular formula is C15H23N3O3. The van der Waals surface area contributed by atoms with E-state index in [-0.39, 0.29) is 5.75 Å². The van der Waals surface area contributed by atoms with E-state index in [1.807, 2.05) is 6.07 Å². The van der Waals surface area contributed by atoms with Crippen molar-refractivity contribution < 1.29 is 14.6 Å². The quantitative estimate of drug-likeness (QED) is 0.729. The zero-order valence-corrected chi connectivity index (χ0v) is 12.8. The summed E-state index contributed by atoms with van der Waals surface area (Å²) in [6.45, 7) is 9.04. The Bertz CT molecular complexity index is 505. The summed E-state index contributed by atoms with van der Waals surface area (Å²) in [7, 11) is 0. The van der Waals surface area contributed by atoms with Crippen LogP contribution in [0.4, 0.5) is 16.2 Å². The highest BCUT2D eigenvalue weighted by molar-refractivity contribution is 5.87. The lowest BCUT2D eigenvalue weighted by Crippen LogP contribution is -2.43. The van der Waals surface area contributed by atoms with E-state index in [9.17, 15) is 9.90 Å². The van der Waals surface area contributed by atoms with Gasteiger partial charge in [0.1, 0.15) is 11.4 Å². The smallest absolute Gasteiger partial charge is 0.412 e. The van der Waals surface area contributed by atoms with Gasteiger partial charge in [-0.2, -0.15) is 0 Å². The van der Waals surface area contributed by atoms with Crippen LogP contribution in [0.3, 0.4) is 0 Å². The summed E-state index contributed by atoms with van der Waals surface area (Å²) < 4.78 is 5.16. The third-order valence-corrected chi connectivity index (χ3v) is 3.10. The SMILES string of the molecule is CC(C)(C)OC(=O)Nc1ccc(N2CCNCC2)cc1O. The molecule has 0 aliphatic carbocycles. The Morgan fingerprint density at radius 3 is 2.57 bits per heavy atom. The fourth-order valence-corrected chi connectivity index (χ4v) is 2.16. The number of carbonyl (C=O) groups is 1. The number of anilines is 2. The first-order valence-electron chi connectivity index (χ1n) is 7.14. The molecule has 6 heteroatoms. The molecule has 1 aliphatic rings. The normalized spacial score (nSPS) is 15.7. The molecule has 0 saturated carbocycles. The summed E-state index contributed by atoms with van der Waals surface area (Å²) in [6, 6.07) is 5.24. The summed E-state index contributed by atoms with van der Waals surface area (Å²) in [5.41, 5.74) is 0.729. The number of carbonyl (C=O) groups excluding carboxylic acids is 1. The molecule has 1 saturated heterocycles. The standard InChI is InChI=1S/C15H23N3O3/c1-15(2,3)21-14(20)17-12-5-4-11(10-13(12)19)18-8-6-16-7-9-18/h4-5,10,16,19H,6-9H2,1-3H3,(H,17,20). The van der Waals surface area contributed by atoms with E-state index in [1.54, 1.807) is 32.9 Å². The van der Waals surface area contributed by atoms with Crippen LogP contribution in [0, 0.1) is 0 Å². The lowest BCUT2D eigenvalue weighted by Gasteiger charge is -2.29. The molecule has 1 aromatic carbocycles. The minimum absolute atomic E-state index is 0.0388. The first-order valence-corrected chi connectivity index (χ1v) is 7.14. The van der Waals surface area contributed by atoms with E-state index in [2.05, 4.69) is 15.5 Å². The Hall–Kier alpha value is -1.95. The third kappa shape index (κ3) is 4.53. The Labute approximate surface area is 125 Å². The second-order valence-electron chi connectivity index (χ2n) is 6.07. The zero-order valence-electron chi connectivity index (χ0n) is 12.8. The molecule has 0 spiro atoms. The molecule has 3 N–H and O–H groups in total. The molecule has 0 bridgehead atoms. The van der Waals surface area contributed by atoms with E-state index in [4.69, 9.17) is 4.74 Å². The lowest BCUT2D eigenvalue weighted by atomic mass is 10.2. The molecule has 1 fully saturated rings. The molecule has 116 valence electrons. The first-order chi connectivity index (χ1) is 9.85. The minimum Gasteiger partial charge on any atom is -0.506 e. The number of rotatable bonds is 2. The summed E-state index contributed by atoms with van der Waals surface area (Å²) in [4.78, 5) is 13.9. The fourth-order valence-electron chi connectivity index (χ4n) is 2.16. The summed E-state index contributed by atoms with van der Waals surface area (Å²) in [5.74, 6) is 0.0388. The Kier molecular flexibility index (Phi) is 4.57. The van der Waals surface area contributed by atoms with Crippen molar-refractivity contribution in [3.8, 4) is 5.75 Å². The van der Waals surface area contributed by atoms with E-state index in [0.717, 1.165) is 31.9 Å². The van der Waals surface area contributed by atoms with Crippen molar-refractivity contribution in [1.29, 1.82) is 0 Å². The highest BCUT2D eigenvalue weighted by atomic mass is 16.6.